The highest BCUT2D eigenvalue weighted by Gasteiger charge is 2.16. The van der Waals surface area contributed by atoms with Crippen LogP contribution in [-0.2, 0) is 11.3 Å². The molecule has 0 aliphatic rings. The number of rotatable bonds is 6. The van der Waals surface area contributed by atoms with Crippen LogP contribution < -0.4 is 11.1 Å². The van der Waals surface area contributed by atoms with E-state index in [4.69, 9.17) is 8.83 Å². The number of benzene rings is 1. The Morgan fingerprint density at radius 3 is 2.85 bits per heavy atom. The second-order valence-electron chi connectivity index (χ2n) is 5.96. The summed E-state index contributed by atoms with van der Waals surface area (Å²) in [4.78, 5) is 24.1. The van der Waals surface area contributed by atoms with Gasteiger partial charge < -0.3 is 19.3 Å². The molecule has 0 saturated carbocycles. The van der Waals surface area contributed by atoms with Crippen molar-refractivity contribution in [3.63, 3.8) is 0 Å². The van der Waals surface area contributed by atoms with Crippen molar-refractivity contribution in [1.29, 1.82) is 0 Å². The minimum absolute atomic E-state index is 0.0278. The molecule has 0 spiro atoms. The Balaban J connectivity index is 1.39. The number of thiophene rings is 1. The number of hydrogen-bond acceptors (Lipinski definition) is 6. The van der Waals surface area contributed by atoms with Gasteiger partial charge in [0.15, 0.2) is 5.58 Å². The van der Waals surface area contributed by atoms with E-state index < -0.39 is 17.8 Å². The number of aliphatic hydroxyl groups excluding tert-OH is 1. The Morgan fingerprint density at radius 1 is 1.19 bits per heavy atom. The van der Waals surface area contributed by atoms with E-state index in [1.165, 1.54) is 4.57 Å². The molecule has 0 unspecified atom stereocenters. The lowest BCUT2D eigenvalue weighted by Crippen LogP contribution is -2.33. The van der Waals surface area contributed by atoms with Gasteiger partial charge in [-0.15, -0.1) is 0 Å². The monoisotopic (exact) mass is 384 g/mol. The lowest BCUT2D eigenvalue weighted by molar-refractivity contribution is -0.122. The molecule has 7 nitrogen and oxygen atoms in total. The summed E-state index contributed by atoms with van der Waals surface area (Å²) in [5.41, 5.74) is 1.91. The van der Waals surface area contributed by atoms with Crippen molar-refractivity contribution >= 4 is 28.3 Å². The van der Waals surface area contributed by atoms with Gasteiger partial charge in [-0.3, -0.25) is 9.36 Å². The molecule has 8 heteroatoms. The van der Waals surface area contributed by atoms with E-state index in [0.29, 0.717) is 22.6 Å². The van der Waals surface area contributed by atoms with Crippen molar-refractivity contribution in [2.24, 2.45) is 0 Å². The predicted molar refractivity (Wildman–Crippen MR) is 100 cm³/mol. The molecule has 0 saturated heterocycles. The number of aliphatic hydroxyl groups is 1. The highest BCUT2D eigenvalue weighted by atomic mass is 32.1. The fourth-order valence-electron chi connectivity index (χ4n) is 2.77. The van der Waals surface area contributed by atoms with Gasteiger partial charge in [-0.2, -0.15) is 11.3 Å². The lowest BCUT2D eigenvalue weighted by atomic mass is 10.2. The molecular formula is C19H16N2O5S. The highest BCUT2D eigenvalue weighted by molar-refractivity contribution is 7.08. The fraction of sp³-hybridized carbons (Fsp3) is 0.158. The van der Waals surface area contributed by atoms with E-state index in [9.17, 15) is 14.7 Å². The van der Waals surface area contributed by atoms with Crippen LogP contribution in [0.25, 0.3) is 22.4 Å². The van der Waals surface area contributed by atoms with Crippen molar-refractivity contribution in [2.45, 2.75) is 12.6 Å². The largest absolute Gasteiger partial charge is 0.458 e. The Morgan fingerprint density at radius 2 is 2.04 bits per heavy atom. The SMILES string of the molecule is O=C(Cn1c(=O)oc2ccccc21)NC[C@H](O)c1ccc(-c2ccsc2)o1. The van der Waals surface area contributed by atoms with Crippen LogP contribution >= 0.6 is 11.3 Å². The summed E-state index contributed by atoms with van der Waals surface area (Å²) < 4.78 is 12.0. The maximum absolute atomic E-state index is 12.2. The van der Waals surface area contributed by atoms with Crippen LogP contribution in [0.3, 0.4) is 0 Å². The molecule has 3 aromatic heterocycles. The quantitative estimate of drug-likeness (QED) is 0.533. The van der Waals surface area contributed by atoms with E-state index in [1.54, 1.807) is 47.7 Å². The first-order valence-electron chi connectivity index (χ1n) is 8.27. The highest BCUT2D eigenvalue weighted by Crippen LogP contribution is 2.26. The van der Waals surface area contributed by atoms with Crippen LogP contribution in [0.15, 0.2) is 66.9 Å². The van der Waals surface area contributed by atoms with E-state index in [1.807, 2.05) is 16.8 Å². The minimum Gasteiger partial charge on any atom is -0.458 e. The number of carbonyl (C=O) groups is 1. The van der Waals surface area contributed by atoms with Crippen LogP contribution in [-0.4, -0.2) is 22.1 Å². The van der Waals surface area contributed by atoms with E-state index in [-0.39, 0.29) is 13.1 Å². The Bertz CT molecular complexity index is 1120. The number of para-hydroxylation sites is 2. The number of oxazole rings is 1. The average molecular weight is 384 g/mol. The predicted octanol–water partition coefficient (Wildman–Crippen LogP) is 2.77. The fourth-order valence-corrected chi connectivity index (χ4v) is 3.41. The van der Waals surface area contributed by atoms with Crippen LogP contribution in [0.4, 0.5) is 0 Å². The first-order chi connectivity index (χ1) is 13.1. The zero-order valence-corrected chi connectivity index (χ0v) is 14.9. The number of amides is 1. The van der Waals surface area contributed by atoms with Gasteiger partial charge in [-0.05, 0) is 35.7 Å². The summed E-state index contributed by atoms with van der Waals surface area (Å²) in [7, 11) is 0. The second-order valence-corrected chi connectivity index (χ2v) is 6.74. The zero-order chi connectivity index (χ0) is 18.8. The van der Waals surface area contributed by atoms with Gasteiger partial charge in [0.05, 0.1) is 12.1 Å². The van der Waals surface area contributed by atoms with E-state index in [2.05, 4.69) is 5.32 Å². The Hall–Kier alpha value is -3.10. The summed E-state index contributed by atoms with van der Waals surface area (Å²) in [6.07, 6.45) is -0.987. The third-order valence-corrected chi connectivity index (χ3v) is 4.81. The number of carbonyl (C=O) groups excluding carboxylic acids is 1. The third-order valence-electron chi connectivity index (χ3n) is 4.13. The summed E-state index contributed by atoms with van der Waals surface area (Å²) in [6.45, 7) is -0.221. The van der Waals surface area contributed by atoms with Gasteiger partial charge in [0.1, 0.15) is 24.2 Å². The maximum atomic E-state index is 12.2. The molecule has 1 atom stereocenters. The summed E-state index contributed by atoms with van der Waals surface area (Å²) in [6, 6.07) is 12.3. The molecule has 0 fully saturated rings. The van der Waals surface area contributed by atoms with Crippen molar-refractivity contribution < 1.29 is 18.7 Å². The van der Waals surface area contributed by atoms with E-state index >= 15 is 0 Å². The molecule has 1 aromatic carbocycles. The second kappa shape index (κ2) is 7.26. The summed E-state index contributed by atoms with van der Waals surface area (Å²) in [5.74, 6) is 0.0149. The Labute approximate surface area is 157 Å². The normalized spacial score (nSPS) is 12.3. The van der Waals surface area contributed by atoms with Gasteiger partial charge in [0.2, 0.25) is 5.91 Å². The van der Waals surface area contributed by atoms with Gasteiger partial charge in [-0.1, -0.05) is 12.1 Å². The summed E-state index contributed by atoms with van der Waals surface area (Å²) in [5, 5.41) is 16.7. The zero-order valence-electron chi connectivity index (χ0n) is 14.1. The van der Waals surface area contributed by atoms with E-state index in [0.717, 1.165) is 5.56 Å². The molecule has 0 bridgehead atoms. The number of aromatic nitrogens is 1. The van der Waals surface area contributed by atoms with Crippen LogP contribution in [0.5, 0.6) is 0 Å². The molecule has 0 radical (unpaired) electrons. The number of nitrogens with zero attached hydrogens (tertiary/aromatic N) is 1. The minimum atomic E-state index is -0.987. The first-order valence-corrected chi connectivity index (χ1v) is 9.21. The number of nitrogens with one attached hydrogen (secondary N) is 1. The van der Waals surface area contributed by atoms with Crippen molar-refractivity contribution in [3.8, 4) is 11.3 Å². The van der Waals surface area contributed by atoms with Crippen LogP contribution in [0, 0.1) is 0 Å². The smallest absolute Gasteiger partial charge is 0.420 e. The standard InChI is InChI=1S/C19H16N2O5S/c22-14(17-6-5-15(25-17)12-7-8-27-11-12)9-20-18(23)10-21-13-3-1-2-4-16(13)26-19(21)24/h1-8,11,14,22H,9-10H2,(H,20,23)/t14-/m0/s1. The summed E-state index contributed by atoms with van der Waals surface area (Å²) >= 11 is 1.55. The third kappa shape index (κ3) is 3.57. The molecule has 2 N–H and O–H groups in total. The lowest BCUT2D eigenvalue weighted by Gasteiger charge is -2.10. The molecule has 0 aliphatic carbocycles. The van der Waals surface area contributed by atoms with Gasteiger partial charge in [0, 0.05) is 10.9 Å². The molecule has 0 aliphatic heterocycles. The van der Waals surface area contributed by atoms with Crippen molar-refractivity contribution in [3.05, 3.63) is 69.5 Å². The molecule has 3 heterocycles. The van der Waals surface area contributed by atoms with Crippen molar-refractivity contribution in [2.75, 3.05) is 6.54 Å². The topological polar surface area (TPSA) is 97.6 Å². The van der Waals surface area contributed by atoms with Crippen molar-refractivity contribution in [1.82, 2.24) is 9.88 Å². The van der Waals surface area contributed by atoms with Crippen LogP contribution in [0.2, 0.25) is 0 Å². The molecule has 1 amide bonds. The number of hydrogen-bond donors (Lipinski definition) is 2. The molecule has 138 valence electrons. The number of furan rings is 1. The number of fused-ring (bicyclic) bond motifs is 1. The van der Waals surface area contributed by atoms with Gasteiger partial charge >= 0.3 is 5.76 Å². The van der Waals surface area contributed by atoms with Gasteiger partial charge in [-0.25, -0.2) is 4.79 Å². The average Bonchev–Trinajstić information content (AvgIpc) is 3.40. The molecule has 27 heavy (non-hydrogen) atoms. The van der Waals surface area contributed by atoms with Gasteiger partial charge in [0.25, 0.3) is 0 Å². The van der Waals surface area contributed by atoms with Crippen LogP contribution in [0.1, 0.15) is 11.9 Å². The Kier molecular flexibility index (Phi) is 4.66. The maximum Gasteiger partial charge on any atom is 0.420 e. The first kappa shape index (κ1) is 17.3. The molecule has 4 aromatic rings. The molecule has 4 rings (SSSR count). The molecular weight excluding hydrogens is 368 g/mol.